The van der Waals surface area contributed by atoms with Gasteiger partial charge >= 0.3 is 0 Å². The van der Waals surface area contributed by atoms with Crippen LogP contribution in [0.25, 0.3) is 0 Å². The van der Waals surface area contributed by atoms with E-state index in [9.17, 15) is 8.78 Å². The van der Waals surface area contributed by atoms with E-state index >= 15 is 0 Å². The van der Waals surface area contributed by atoms with Gasteiger partial charge in [0.2, 0.25) is 0 Å². The van der Waals surface area contributed by atoms with E-state index < -0.39 is 11.6 Å². The Morgan fingerprint density at radius 2 is 1.45 bits per heavy atom. The number of halogens is 3. The lowest BCUT2D eigenvalue weighted by atomic mass is 10.1. The van der Waals surface area contributed by atoms with E-state index in [1.165, 1.54) is 12.1 Å². The molecule has 0 radical (unpaired) electrons. The number of anilines is 1. The van der Waals surface area contributed by atoms with Gasteiger partial charge in [0, 0.05) is 22.3 Å². The third kappa shape index (κ3) is 3.37. The Balaban J connectivity index is 2.25. The number of nitrogens with one attached hydrogen (secondary N) is 1. The summed E-state index contributed by atoms with van der Waals surface area (Å²) >= 11 is 3.52. The lowest BCUT2D eigenvalue weighted by Crippen LogP contribution is -2.08. The first-order chi connectivity index (χ1) is 9.36. The Labute approximate surface area is 126 Å². The fourth-order valence-electron chi connectivity index (χ4n) is 2.19. The third-order valence-corrected chi connectivity index (χ3v) is 4.46. The highest BCUT2D eigenvalue weighted by atomic mass is 79.9. The SMILES string of the molecule is Cc1cc(NC(C)c2cc(F)cc(F)c2)cc(C)c1Br. The molecule has 0 heterocycles. The van der Waals surface area contributed by atoms with Crippen molar-refractivity contribution >= 4 is 21.6 Å². The van der Waals surface area contributed by atoms with Gasteiger partial charge in [0.15, 0.2) is 0 Å². The van der Waals surface area contributed by atoms with Crippen molar-refractivity contribution < 1.29 is 8.78 Å². The first-order valence-corrected chi connectivity index (χ1v) is 7.15. The normalized spacial score (nSPS) is 12.3. The smallest absolute Gasteiger partial charge is 0.126 e. The summed E-state index contributed by atoms with van der Waals surface area (Å²) in [7, 11) is 0. The average Bonchev–Trinajstić information content (AvgIpc) is 2.34. The largest absolute Gasteiger partial charge is 0.379 e. The second-order valence-corrected chi connectivity index (χ2v) is 5.79. The quantitative estimate of drug-likeness (QED) is 0.776. The molecule has 1 unspecified atom stereocenters. The monoisotopic (exact) mass is 339 g/mol. The van der Waals surface area contributed by atoms with Crippen molar-refractivity contribution in [3.63, 3.8) is 0 Å². The van der Waals surface area contributed by atoms with Crippen LogP contribution in [0.3, 0.4) is 0 Å². The van der Waals surface area contributed by atoms with Crippen molar-refractivity contribution in [2.24, 2.45) is 0 Å². The van der Waals surface area contributed by atoms with Gasteiger partial charge in [-0.1, -0.05) is 15.9 Å². The molecule has 2 rings (SSSR count). The maximum Gasteiger partial charge on any atom is 0.126 e. The van der Waals surface area contributed by atoms with Crippen LogP contribution in [0.5, 0.6) is 0 Å². The van der Waals surface area contributed by atoms with E-state index in [1.54, 1.807) is 0 Å². The van der Waals surface area contributed by atoms with Crippen LogP contribution in [-0.2, 0) is 0 Å². The molecule has 2 aromatic rings. The van der Waals surface area contributed by atoms with Gasteiger partial charge in [-0.3, -0.25) is 0 Å². The molecule has 0 aliphatic heterocycles. The molecule has 2 aromatic carbocycles. The minimum absolute atomic E-state index is 0.180. The number of hydrogen-bond acceptors (Lipinski definition) is 1. The standard InChI is InChI=1S/C16H16BrF2N/c1-9-4-15(5-10(2)16(9)17)20-11(3)12-6-13(18)8-14(19)7-12/h4-8,11,20H,1-3H3. The highest BCUT2D eigenvalue weighted by molar-refractivity contribution is 9.10. The number of benzene rings is 2. The van der Waals surface area contributed by atoms with Crippen LogP contribution in [0.15, 0.2) is 34.8 Å². The fraction of sp³-hybridized carbons (Fsp3) is 0.250. The number of rotatable bonds is 3. The Morgan fingerprint density at radius 1 is 0.950 bits per heavy atom. The second kappa shape index (κ2) is 5.92. The summed E-state index contributed by atoms with van der Waals surface area (Å²) in [5, 5.41) is 3.27. The van der Waals surface area contributed by atoms with Crippen LogP contribution in [0, 0.1) is 25.5 Å². The van der Waals surface area contributed by atoms with Crippen molar-refractivity contribution in [2.45, 2.75) is 26.8 Å². The average molecular weight is 340 g/mol. The zero-order valence-corrected chi connectivity index (χ0v) is 13.2. The minimum Gasteiger partial charge on any atom is -0.379 e. The Kier molecular flexibility index (Phi) is 4.43. The van der Waals surface area contributed by atoms with E-state index in [4.69, 9.17) is 0 Å². The first kappa shape index (κ1) is 15.0. The van der Waals surface area contributed by atoms with Crippen molar-refractivity contribution in [1.82, 2.24) is 0 Å². The Bertz CT molecular complexity index is 597. The molecule has 106 valence electrons. The highest BCUT2D eigenvalue weighted by Gasteiger charge is 2.10. The van der Waals surface area contributed by atoms with Crippen molar-refractivity contribution in [3.05, 3.63) is 63.1 Å². The molecule has 0 saturated carbocycles. The molecule has 0 aromatic heterocycles. The molecule has 20 heavy (non-hydrogen) atoms. The zero-order valence-electron chi connectivity index (χ0n) is 11.6. The van der Waals surface area contributed by atoms with Gasteiger partial charge in [-0.25, -0.2) is 8.78 Å². The van der Waals surface area contributed by atoms with Crippen LogP contribution in [-0.4, -0.2) is 0 Å². The van der Waals surface area contributed by atoms with Crippen molar-refractivity contribution in [3.8, 4) is 0 Å². The van der Waals surface area contributed by atoms with Gasteiger partial charge in [0.05, 0.1) is 0 Å². The van der Waals surface area contributed by atoms with Gasteiger partial charge in [-0.05, 0) is 61.7 Å². The Morgan fingerprint density at radius 3 is 1.95 bits per heavy atom. The maximum absolute atomic E-state index is 13.2. The van der Waals surface area contributed by atoms with E-state index in [-0.39, 0.29) is 6.04 Å². The summed E-state index contributed by atoms with van der Waals surface area (Å²) in [6.07, 6.45) is 0. The summed E-state index contributed by atoms with van der Waals surface area (Å²) < 4.78 is 27.5. The minimum atomic E-state index is -0.559. The molecule has 0 amide bonds. The summed E-state index contributed by atoms with van der Waals surface area (Å²) in [5.74, 6) is -1.12. The summed E-state index contributed by atoms with van der Waals surface area (Å²) in [4.78, 5) is 0. The van der Waals surface area contributed by atoms with Gasteiger partial charge < -0.3 is 5.32 Å². The molecule has 1 atom stereocenters. The fourth-order valence-corrected chi connectivity index (χ4v) is 2.42. The topological polar surface area (TPSA) is 12.0 Å². The molecular formula is C16H16BrF2N. The molecule has 1 nitrogen and oxygen atoms in total. The summed E-state index contributed by atoms with van der Waals surface area (Å²) in [6, 6.07) is 7.40. The maximum atomic E-state index is 13.2. The Hall–Kier alpha value is -1.42. The molecule has 0 spiro atoms. The predicted octanol–water partition coefficient (Wildman–Crippen LogP) is 5.52. The third-order valence-electron chi connectivity index (χ3n) is 3.20. The predicted molar refractivity (Wildman–Crippen MR) is 82.0 cm³/mol. The molecule has 0 bridgehead atoms. The van der Waals surface area contributed by atoms with E-state index in [2.05, 4.69) is 21.2 Å². The molecule has 1 N–H and O–H groups in total. The van der Waals surface area contributed by atoms with Crippen LogP contribution < -0.4 is 5.32 Å². The van der Waals surface area contributed by atoms with E-state index in [0.29, 0.717) is 5.56 Å². The van der Waals surface area contributed by atoms with Gasteiger partial charge in [0.1, 0.15) is 11.6 Å². The van der Waals surface area contributed by atoms with Crippen LogP contribution in [0.2, 0.25) is 0 Å². The number of hydrogen-bond donors (Lipinski definition) is 1. The van der Waals surface area contributed by atoms with E-state index in [1.807, 2.05) is 32.9 Å². The van der Waals surface area contributed by atoms with Crippen molar-refractivity contribution in [1.29, 1.82) is 0 Å². The van der Waals surface area contributed by atoms with Gasteiger partial charge in [0.25, 0.3) is 0 Å². The van der Waals surface area contributed by atoms with Gasteiger partial charge in [-0.2, -0.15) is 0 Å². The molecule has 0 aliphatic rings. The summed E-state index contributed by atoms with van der Waals surface area (Å²) in [5.41, 5.74) is 3.75. The van der Waals surface area contributed by atoms with Crippen LogP contribution >= 0.6 is 15.9 Å². The molecule has 0 aliphatic carbocycles. The zero-order chi connectivity index (χ0) is 14.9. The van der Waals surface area contributed by atoms with E-state index in [0.717, 1.165) is 27.4 Å². The lowest BCUT2D eigenvalue weighted by Gasteiger charge is -2.17. The van der Waals surface area contributed by atoms with Crippen LogP contribution in [0.1, 0.15) is 29.7 Å². The molecular weight excluding hydrogens is 324 g/mol. The number of aryl methyl sites for hydroxylation is 2. The molecule has 4 heteroatoms. The summed E-state index contributed by atoms with van der Waals surface area (Å²) in [6.45, 7) is 5.89. The first-order valence-electron chi connectivity index (χ1n) is 6.36. The molecule has 0 fully saturated rings. The highest BCUT2D eigenvalue weighted by Crippen LogP contribution is 2.27. The van der Waals surface area contributed by atoms with Crippen molar-refractivity contribution in [2.75, 3.05) is 5.32 Å². The van der Waals surface area contributed by atoms with Gasteiger partial charge in [-0.15, -0.1) is 0 Å². The van der Waals surface area contributed by atoms with Crippen LogP contribution in [0.4, 0.5) is 14.5 Å². The lowest BCUT2D eigenvalue weighted by molar-refractivity contribution is 0.577. The molecule has 0 saturated heterocycles. The second-order valence-electron chi connectivity index (χ2n) is 4.99.